The molecule has 0 fully saturated rings. The first-order valence-electron chi connectivity index (χ1n) is 3.36. The zero-order chi connectivity index (χ0) is 10.1. The lowest BCUT2D eigenvalue weighted by Gasteiger charge is -2.08. The van der Waals surface area contributed by atoms with Crippen LogP contribution in [0.15, 0.2) is 27.6 Å². The molecule has 0 aliphatic heterocycles. The van der Waals surface area contributed by atoms with Gasteiger partial charge in [-0.1, -0.05) is 0 Å². The van der Waals surface area contributed by atoms with Gasteiger partial charge >= 0.3 is 6.18 Å². The van der Waals surface area contributed by atoms with E-state index in [9.17, 15) is 13.2 Å². The van der Waals surface area contributed by atoms with Crippen LogP contribution in [0.25, 0.3) is 0 Å². The average Bonchev–Trinajstić information content (AvgIpc) is 2.03. The van der Waals surface area contributed by atoms with E-state index in [1.54, 1.807) is 6.26 Å². The van der Waals surface area contributed by atoms with Gasteiger partial charge < -0.3 is 0 Å². The quantitative estimate of drug-likeness (QED) is 0.690. The summed E-state index contributed by atoms with van der Waals surface area (Å²) in [7, 11) is 0. The fraction of sp³-hybridized carbons (Fsp3) is 0.250. The highest BCUT2D eigenvalue weighted by molar-refractivity contribution is 9.10. The van der Waals surface area contributed by atoms with Gasteiger partial charge in [0.25, 0.3) is 0 Å². The average molecular weight is 271 g/mol. The number of alkyl halides is 3. The lowest BCUT2D eigenvalue weighted by molar-refractivity contribution is -0.137. The largest absolute Gasteiger partial charge is 0.416 e. The molecule has 0 nitrogen and oxygen atoms in total. The zero-order valence-corrected chi connectivity index (χ0v) is 9.05. The van der Waals surface area contributed by atoms with Gasteiger partial charge in [-0.2, -0.15) is 13.2 Å². The number of hydrogen-bond acceptors (Lipinski definition) is 1. The second-order valence-corrected chi connectivity index (χ2v) is 4.05. The van der Waals surface area contributed by atoms with Crippen LogP contribution in [0.3, 0.4) is 0 Å². The van der Waals surface area contributed by atoms with Crippen molar-refractivity contribution >= 4 is 27.7 Å². The van der Waals surface area contributed by atoms with Crippen molar-refractivity contribution in [2.75, 3.05) is 6.26 Å². The van der Waals surface area contributed by atoms with Gasteiger partial charge in [-0.25, -0.2) is 0 Å². The minimum absolute atomic E-state index is 0.592. The molecule has 0 saturated carbocycles. The maximum absolute atomic E-state index is 12.2. The number of thioether (sulfide) groups is 1. The predicted molar refractivity (Wildman–Crippen MR) is 50.9 cm³/mol. The van der Waals surface area contributed by atoms with Crippen molar-refractivity contribution in [3.05, 3.63) is 28.2 Å². The smallest absolute Gasteiger partial charge is 0.166 e. The van der Waals surface area contributed by atoms with Crippen molar-refractivity contribution < 1.29 is 13.2 Å². The van der Waals surface area contributed by atoms with Gasteiger partial charge in [0, 0.05) is 9.37 Å². The second-order valence-electron chi connectivity index (χ2n) is 2.35. The molecule has 1 rings (SSSR count). The normalized spacial score (nSPS) is 11.8. The molecule has 0 aliphatic rings. The lowest BCUT2D eigenvalue weighted by Crippen LogP contribution is -2.04. The Morgan fingerprint density at radius 1 is 1.31 bits per heavy atom. The summed E-state index contributed by atoms with van der Waals surface area (Å²) in [5.74, 6) is 0. The van der Waals surface area contributed by atoms with Crippen LogP contribution in [0.2, 0.25) is 0 Å². The first-order chi connectivity index (χ1) is 5.95. The van der Waals surface area contributed by atoms with Gasteiger partial charge in [-0.05, 0) is 40.4 Å². The minimum Gasteiger partial charge on any atom is -0.166 e. The van der Waals surface area contributed by atoms with E-state index >= 15 is 0 Å². The molecule has 0 saturated heterocycles. The Morgan fingerprint density at radius 3 is 2.38 bits per heavy atom. The third kappa shape index (κ3) is 2.64. The topological polar surface area (TPSA) is 0 Å². The molecule has 0 spiro atoms. The highest BCUT2D eigenvalue weighted by atomic mass is 79.9. The molecule has 0 unspecified atom stereocenters. The second kappa shape index (κ2) is 3.92. The molecule has 1 aromatic rings. The van der Waals surface area contributed by atoms with Crippen LogP contribution in [-0.2, 0) is 6.18 Å². The molecule has 0 bridgehead atoms. The number of benzene rings is 1. The monoisotopic (exact) mass is 270 g/mol. The molecule has 0 aliphatic carbocycles. The summed E-state index contributed by atoms with van der Waals surface area (Å²) in [6.45, 7) is 0. The molecule has 72 valence electrons. The van der Waals surface area contributed by atoms with Gasteiger partial charge in [-0.3, -0.25) is 0 Å². The number of hydrogen-bond donors (Lipinski definition) is 0. The Kier molecular flexibility index (Phi) is 3.29. The van der Waals surface area contributed by atoms with Crippen LogP contribution in [0.1, 0.15) is 5.56 Å². The first kappa shape index (κ1) is 10.9. The van der Waals surface area contributed by atoms with Crippen molar-refractivity contribution in [2.24, 2.45) is 0 Å². The fourth-order valence-corrected chi connectivity index (χ4v) is 2.08. The Morgan fingerprint density at radius 2 is 1.92 bits per heavy atom. The van der Waals surface area contributed by atoms with Crippen LogP contribution >= 0.6 is 27.7 Å². The fourth-order valence-electron chi connectivity index (χ4n) is 0.836. The summed E-state index contributed by atoms with van der Waals surface area (Å²) < 4.78 is 37.3. The van der Waals surface area contributed by atoms with Crippen molar-refractivity contribution in [1.29, 1.82) is 0 Å². The third-order valence-corrected chi connectivity index (χ3v) is 3.21. The maximum Gasteiger partial charge on any atom is 0.416 e. The van der Waals surface area contributed by atoms with E-state index in [4.69, 9.17) is 0 Å². The predicted octanol–water partition coefficient (Wildman–Crippen LogP) is 4.19. The molecule has 0 N–H and O–H groups in total. The van der Waals surface area contributed by atoms with Crippen LogP contribution < -0.4 is 0 Å². The van der Waals surface area contributed by atoms with E-state index in [1.807, 2.05) is 0 Å². The van der Waals surface area contributed by atoms with Gasteiger partial charge in [-0.15, -0.1) is 11.8 Å². The van der Waals surface area contributed by atoms with Crippen LogP contribution in [0.4, 0.5) is 13.2 Å². The summed E-state index contributed by atoms with van der Waals surface area (Å²) in [5, 5.41) is 0. The lowest BCUT2D eigenvalue weighted by atomic mass is 10.2. The van der Waals surface area contributed by atoms with Crippen molar-refractivity contribution in [1.82, 2.24) is 0 Å². The molecular formula is C8H6BrF3S. The molecule has 0 atom stereocenters. The summed E-state index contributed by atoms with van der Waals surface area (Å²) >= 11 is 4.45. The van der Waals surface area contributed by atoms with Gasteiger partial charge in [0.15, 0.2) is 0 Å². The number of rotatable bonds is 1. The van der Waals surface area contributed by atoms with E-state index in [0.29, 0.717) is 9.37 Å². The van der Waals surface area contributed by atoms with Crippen LogP contribution in [-0.4, -0.2) is 6.26 Å². The first-order valence-corrected chi connectivity index (χ1v) is 5.37. The molecule has 0 heterocycles. The van der Waals surface area contributed by atoms with Gasteiger partial charge in [0.2, 0.25) is 0 Å². The summed E-state index contributed by atoms with van der Waals surface area (Å²) in [5.41, 5.74) is -0.611. The Balaban J connectivity index is 3.14. The minimum atomic E-state index is -4.26. The van der Waals surface area contributed by atoms with E-state index in [-0.39, 0.29) is 0 Å². The van der Waals surface area contributed by atoms with E-state index < -0.39 is 11.7 Å². The zero-order valence-electron chi connectivity index (χ0n) is 6.65. The molecule has 0 radical (unpaired) electrons. The van der Waals surface area contributed by atoms with Gasteiger partial charge in [0.05, 0.1) is 5.56 Å². The van der Waals surface area contributed by atoms with Crippen molar-refractivity contribution in [3.63, 3.8) is 0 Å². The molecule has 13 heavy (non-hydrogen) atoms. The SMILES string of the molecule is CSc1cc(C(F)(F)F)ccc1Br. The molecule has 1 aromatic carbocycles. The Labute approximate surface area is 86.6 Å². The Bertz CT molecular complexity index is 309. The highest BCUT2D eigenvalue weighted by Gasteiger charge is 2.30. The standard InChI is InChI=1S/C8H6BrF3S/c1-13-7-4-5(8(10,11)12)2-3-6(7)9/h2-4H,1H3. The summed E-state index contributed by atoms with van der Waals surface area (Å²) in [6.07, 6.45) is -2.52. The van der Waals surface area contributed by atoms with E-state index in [0.717, 1.165) is 12.1 Å². The molecule has 0 amide bonds. The van der Waals surface area contributed by atoms with Crippen LogP contribution in [0, 0.1) is 0 Å². The molecule has 5 heteroatoms. The van der Waals surface area contributed by atoms with Crippen LogP contribution in [0.5, 0.6) is 0 Å². The van der Waals surface area contributed by atoms with Gasteiger partial charge in [0.1, 0.15) is 0 Å². The number of halogens is 4. The summed E-state index contributed by atoms with van der Waals surface area (Å²) in [6, 6.07) is 3.60. The molecular weight excluding hydrogens is 265 g/mol. The third-order valence-electron chi connectivity index (χ3n) is 1.48. The van der Waals surface area contributed by atoms with E-state index in [2.05, 4.69) is 15.9 Å². The van der Waals surface area contributed by atoms with E-state index in [1.165, 1.54) is 17.8 Å². The highest BCUT2D eigenvalue weighted by Crippen LogP contribution is 2.34. The Hall–Kier alpha value is -0.160. The summed E-state index contributed by atoms with van der Waals surface area (Å²) in [4.78, 5) is 0.592. The van der Waals surface area contributed by atoms with Crippen molar-refractivity contribution in [3.8, 4) is 0 Å². The maximum atomic E-state index is 12.2. The molecule has 0 aromatic heterocycles. The van der Waals surface area contributed by atoms with Crippen molar-refractivity contribution in [2.45, 2.75) is 11.1 Å².